The van der Waals surface area contributed by atoms with Crippen LogP contribution < -0.4 is 16.0 Å². The minimum atomic E-state index is -4.44. The smallest absolute Gasteiger partial charge is 0.345 e. The Labute approximate surface area is 217 Å². The van der Waals surface area contributed by atoms with Crippen LogP contribution in [0.25, 0.3) is 11.1 Å². The first-order valence-corrected chi connectivity index (χ1v) is 12.7. The molecule has 196 valence electrons. The van der Waals surface area contributed by atoms with Gasteiger partial charge in [0.05, 0.1) is 17.8 Å². The van der Waals surface area contributed by atoms with Crippen molar-refractivity contribution >= 4 is 28.3 Å². The van der Waals surface area contributed by atoms with Gasteiger partial charge in [-0.1, -0.05) is 41.7 Å². The maximum atomic E-state index is 13.2. The van der Waals surface area contributed by atoms with E-state index in [1.807, 2.05) is 6.92 Å². The number of carbonyl (C=O) groups excluding carboxylic acids is 2. The van der Waals surface area contributed by atoms with Gasteiger partial charge in [-0.3, -0.25) is 9.59 Å². The molecule has 0 unspecified atom stereocenters. The van der Waals surface area contributed by atoms with Crippen LogP contribution >= 0.6 is 11.3 Å². The van der Waals surface area contributed by atoms with Crippen molar-refractivity contribution in [2.45, 2.75) is 32.6 Å². The van der Waals surface area contributed by atoms with Crippen LogP contribution in [0, 0.1) is 0 Å². The summed E-state index contributed by atoms with van der Waals surface area (Å²) in [5.74, 6) is -0.207. The topological polar surface area (TPSA) is 91.6 Å². The SMILES string of the molecule is CC(=O)N1CCN(c2ncc(C(=O)N[C@H](C)c3ccc(-c4cc(C(F)(F)F)ccc4CN)cc3)s2)CC1. The van der Waals surface area contributed by atoms with Crippen LogP contribution in [0.5, 0.6) is 0 Å². The van der Waals surface area contributed by atoms with E-state index >= 15 is 0 Å². The van der Waals surface area contributed by atoms with Crippen LogP contribution in [-0.4, -0.2) is 47.9 Å². The fourth-order valence-electron chi connectivity index (χ4n) is 4.23. The number of thiazole rings is 1. The van der Waals surface area contributed by atoms with Crippen LogP contribution in [-0.2, 0) is 17.5 Å². The molecule has 2 heterocycles. The largest absolute Gasteiger partial charge is 0.416 e. The second-order valence-electron chi connectivity index (χ2n) is 8.89. The Balaban J connectivity index is 1.42. The highest BCUT2D eigenvalue weighted by Crippen LogP contribution is 2.34. The lowest BCUT2D eigenvalue weighted by atomic mass is 9.95. The van der Waals surface area contributed by atoms with Gasteiger partial charge in [-0.25, -0.2) is 4.98 Å². The summed E-state index contributed by atoms with van der Waals surface area (Å²) < 4.78 is 39.6. The molecule has 0 bridgehead atoms. The number of hydrogen-bond donors (Lipinski definition) is 2. The molecule has 1 fully saturated rings. The number of alkyl halides is 3. The lowest BCUT2D eigenvalue weighted by Gasteiger charge is -2.33. The number of hydrogen-bond acceptors (Lipinski definition) is 6. The van der Waals surface area contributed by atoms with E-state index in [9.17, 15) is 22.8 Å². The van der Waals surface area contributed by atoms with Crippen molar-refractivity contribution in [2.24, 2.45) is 5.73 Å². The molecule has 3 N–H and O–H groups in total. The Hall–Kier alpha value is -3.44. The van der Waals surface area contributed by atoms with E-state index in [1.165, 1.54) is 17.4 Å². The monoisotopic (exact) mass is 531 g/mol. The predicted molar refractivity (Wildman–Crippen MR) is 137 cm³/mol. The number of nitrogens with one attached hydrogen (secondary N) is 1. The highest BCUT2D eigenvalue weighted by atomic mass is 32.1. The van der Waals surface area contributed by atoms with Crippen molar-refractivity contribution < 1.29 is 22.8 Å². The summed E-state index contributed by atoms with van der Waals surface area (Å²) in [6, 6.07) is 10.3. The van der Waals surface area contributed by atoms with E-state index in [2.05, 4.69) is 15.2 Å². The average Bonchev–Trinajstić information content (AvgIpc) is 3.38. The van der Waals surface area contributed by atoms with Gasteiger partial charge in [0.1, 0.15) is 4.88 Å². The Morgan fingerprint density at radius 2 is 1.78 bits per heavy atom. The second-order valence-corrected chi connectivity index (χ2v) is 9.90. The van der Waals surface area contributed by atoms with Gasteiger partial charge in [0.15, 0.2) is 5.13 Å². The normalized spacial score (nSPS) is 15.0. The van der Waals surface area contributed by atoms with Gasteiger partial charge in [-0.2, -0.15) is 13.2 Å². The standard InChI is InChI=1S/C26H28F3N5O2S/c1-16(32-24(36)23-15-31-25(37-23)34-11-9-33(10-12-34)17(2)35)18-3-5-19(6-4-18)22-13-21(26(27,28)29)8-7-20(22)14-30/h3-8,13,15-16H,9-12,14,30H2,1-2H3,(H,32,36)/t16-/m1/s1. The highest BCUT2D eigenvalue weighted by Gasteiger charge is 2.31. The Morgan fingerprint density at radius 1 is 1.11 bits per heavy atom. The van der Waals surface area contributed by atoms with E-state index in [4.69, 9.17) is 5.73 Å². The van der Waals surface area contributed by atoms with E-state index in [0.717, 1.165) is 22.8 Å². The fourth-order valence-corrected chi connectivity index (χ4v) is 5.10. The van der Waals surface area contributed by atoms with Gasteiger partial charge < -0.3 is 20.9 Å². The third kappa shape index (κ3) is 6.11. The molecule has 2 aromatic carbocycles. The molecule has 37 heavy (non-hydrogen) atoms. The summed E-state index contributed by atoms with van der Waals surface area (Å²) in [6.07, 6.45) is -2.90. The van der Waals surface area contributed by atoms with E-state index in [0.29, 0.717) is 47.7 Å². The van der Waals surface area contributed by atoms with Gasteiger partial charge >= 0.3 is 6.18 Å². The molecule has 1 aliphatic rings. The van der Waals surface area contributed by atoms with Crippen LogP contribution in [0.1, 0.15) is 46.3 Å². The molecule has 7 nitrogen and oxygen atoms in total. The Morgan fingerprint density at radius 3 is 2.38 bits per heavy atom. The first-order valence-electron chi connectivity index (χ1n) is 11.8. The minimum Gasteiger partial charge on any atom is -0.345 e. The van der Waals surface area contributed by atoms with E-state index < -0.39 is 11.7 Å². The van der Waals surface area contributed by atoms with Crippen LogP contribution in [0.3, 0.4) is 0 Å². The third-order valence-corrected chi connectivity index (χ3v) is 7.50. The number of piperazine rings is 1. The zero-order valence-corrected chi connectivity index (χ0v) is 21.3. The molecular weight excluding hydrogens is 503 g/mol. The number of nitrogens with two attached hydrogens (primary N) is 1. The lowest BCUT2D eigenvalue weighted by molar-refractivity contribution is -0.137. The van der Waals surface area contributed by atoms with Gasteiger partial charge in [-0.05, 0) is 41.3 Å². The molecule has 1 aliphatic heterocycles. The molecule has 11 heteroatoms. The summed E-state index contributed by atoms with van der Waals surface area (Å²) in [5.41, 5.74) is 7.50. The summed E-state index contributed by atoms with van der Waals surface area (Å²) in [5, 5.41) is 3.69. The molecule has 1 aromatic heterocycles. The fraction of sp³-hybridized carbons (Fsp3) is 0.346. The molecule has 0 radical (unpaired) electrons. The molecule has 0 spiro atoms. The number of aromatic nitrogens is 1. The lowest BCUT2D eigenvalue weighted by Crippen LogP contribution is -2.48. The third-order valence-electron chi connectivity index (χ3n) is 6.44. The van der Waals surface area contributed by atoms with Crippen molar-refractivity contribution in [3.8, 4) is 11.1 Å². The van der Waals surface area contributed by atoms with Crippen molar-refractivity contribution in [2.75, 3.05) is 31.1 Å². The highest BCUT2D eigenvalue weighted by molar-refractivity contribution is 7.17. The number of anilines is 1. The summed E-state index contributed by atoms with van der Waals surface area (Å²) in [6.45, 7) is 6.08. The van der Waals surface area contributed by atoms with E-state index in [1.54, 1.807) is 42.3 Å². The van der Waals surface area contributed by atoms with Gasteiger partial charge in [0, 0.05) is 39.6 Å². The van der Waals surface area contributed by atoms with Gasteiger partial charge in [-0.15, -0.1) is 0 Å². The number of amides is 2. The number of nitrogens with zero attached hydrogens (tertiary/aromatic N) is 3. The molecule has 0 saturated carbocycles. The summed E-state index contributed by atoms with van der Waals surface area (Å²) in [4.78, 5) is 33.1. The number of carbonyl (C=O) groups is 2. The maximum absolute atomic E-state index is 13.2. The quantitative estimate of drug-likeness (QED) is 0.491. The van der Waals surface area contributed by atoms with Crippen LogP contribution in [0.4, 0.5) is 18.3 Å². The first-order chi connectivity index (χ1) is 17.6. The number of rotatable bonds is 6. The molecule has 3 aromatic rings. The molecule has 0 aliphatic carbocycles. The van der Waals surface area contributed by atoms with Crippen molar-refractivity contribution in [1.29, 1.82) is 0 Å². The first kappa shape index (κ1) is 26.6. The van der Waals surface area contributed by atoms with Gasteiger partial charge in [0.2, 0.25) is 5.91 Å². The van der Waals surface area contributed by atoms with E-state index in [-0.39, 0.29) is 24.4 Å². The van der Waals surface area contributed by atoms with Crippen LogP contribution in [0.2, 0.25) is 0 Å². The summed E-state index contributed by atoms with van der Waals surface area (Å²) in [7, 11) is 0. The van der Waals surface area contributed by atoms with Gasteiger partial charge in [0.25, 0.3) is 5.91 Å². The zero-order valence-electron chi connectivity index (χ0n) is 20.5. The van der Waals surface area contributed by atoms with Crippen molar-refractivity contribution in [1.82, 2.24) is 15.2 Å². The molecule has 1 atom stereocenters. The Kier molecular flexibility index (Phi) is 7.84. The number of halogens is 3. The van der Waals surface area contributed by atoms with Crippen molar-refractivity contribution in [3.05, 3.63) is 70.2 Å². The second kappa shape index (κ2) is 10.9. The predicted octanol–water partition coefficient (Wildman–Crippen LogP) is 4.45. The van der Waals surface area contributed by atoms with Crippen molar-refractivity contribution in [3.63, 3.8) is 0 Å². The zero-order chi connectivity index (χ0) is 26.7. The molecule has 4 rings (SSSR count). The maximum Gasteiger partial charge on any atom is 0.416 e. The molecule has 1 saturated heterocycles. The Bertz CT molecular complexity index is 1270. The molecule has 2 amide bonds. The minimum absolute atomic E-state index is 0.0514. The number of benzene rings is 2. The van der Waals surface area contributed by atoms with Crippen LogP contribution in [0.15, 0.2) is 48.7 Å². The average molecular weight is 532 g/mol. The molecular formula is C26H28F3N5O2S. The summed E-state index contributed by atoms with van der Waals surface area (Å²) >= 11 is 1.30.